The highest BCUT2D eigenvalue weighted by molar-refractivity contribution is 7.90. The van der Waals surface area contributed by atoms with Crippen molar-refractivity contribution in [3.05, 3.63) is 29.3 Å². The van der Waals surface area contributed by atoms with Crippen molar-refractivity contribution in [3.63, 3.8) is 0 Å². The molecule has 0 heterocycles. The van der Waals surface area contributed by atoms with Gasteiger partial charge in [0.15, 0.2) is 9.84 Å². The van der Waals surface area contributed by atoms with E-state index in [0.29, 0.717) is 11.3 Å². The Kier molecular flexibility index (Phi) is 6.02. The minimum atomic E-state index is -3.14. The molecule has 2 atom stereocenters. The average molecular weight is 299 g/mol. The van der Waals surface area contributed by atoms with Gasteiger partial charge in [-0.1, -0.05) is 26.3 Å². The fourth-order valence-corrected chi connectivity index (χ4v) is 3.96. The van der Waals surface area contributed by atoms with Crippen LogP contribution in [0.2, 0.25) is 0 Å². The maximum absolute atomic E-state index is 12.2. The molecule has 1 aromatic carbocycles. The molecule has 0 saturated heterocycles. The second kappa shape index (κ2) is 7.09. The topological polar surface area (TPSA) is 69.4 Å². The van der Waals surface area contributed by atoms with E-state index in [9.17, 15) is 8.42 Å². The molecule has 0 amide bonds. The summed E-state index contributed by atoms with van der Waals surface area (Å²) in [6, 6.07) is 5.36. The van der Waals surface area contributed by atoms with Gasteiger partial charge in [0.1, 0.15) is 5.75 Å². The van der Waals surface area contributed by atoms with Crippen LogP contribution < -0.4 is 10.5 Å². The second-order valence-corrected chi connectivity index (χ2v) is 7.54. The van der Waals surface area contributed by atoms with Crippen LogP contribution in [0.5, 0.6) is 5.75 Å². The summed E-state index contributed by atoms with van der Waals surface area (Å²) in [5, 5.41) is 0. The number of benzene rings is 1. The van der Waals surface area contributed by atoms with Gasteiger partial charge in [-0.25, -0.2) is 8.42 Å². The monoisotopic (exact) mass is 299 g/mol. The molecule has 5 heteroatoms. The quantitative estimate of drug-likeness (QED) is 0.840. The van der Waals surface area contributed by atoms with Crippen LogP contribution in [-0.2, 0) is 15.6 Å². The van der Waals surface area contributed by atoms with E-state index < -0.39 is 9.84 Å². The number of rotatable bonds is 7. The highest BCUT2D eigenvalue weighted by Crippen LogP contribution is 2.25. The Morgan fingerprint density at radius 3 is 2.45 bits per heavy atom. The molecule has 1 rings (SSSR count). The summed E-state index contributed by atoms with van der Waals surface area (Å²) in [6.07, 6.45) is 0.857. The molecule has 0 bridgehead atoms. The number of nitrogens with two attached hydrogens (primary N) is 1. The first kappa shape index (κ1) is 17.0. The molecule has 0 aromatic heterocycles. The summed E-state index contributed by atoms with van der Waals surface area (Å²) in [5.41, 5.74) is 7.45. The van der Waals surface area contributed by atoms with Crippen molar-refractivity contribution in [2.24, 2.45) is 11.7 Å². The van der Waals surface area contributed by atoms with E-state index in [-0.39, 0.29) is 23.5 Å². The highest BCUT2D eigenvalue weighted by Gasteiger charge is 2.18. The lowest BCUT2D eigenvalue weighted by atomic mass is 10.1. The van der Waals surface area contributed by atoms with E-state index in [0.717, 1.165) is 12.0 Å². The fourth-order valence-electron chi connectivity index (χ4n) is 2.04. The molecular formula is C15H25NO3S. The smallest absolute Gasteiger partial charge is 0.154 e. The van der Waals surface area contributed by atoms with Crippen LogP contribution in [0.1, 0.15) is 44.4 Å². The molecule has 0 spiro atoms. The van der Waals surface area contributed by atoms with Gasteiger partial charge in [0.2, 0.25) is 0 Å². The van der Waals surface area contributed by atoms with E-state index in [2.05, 4.69) is 0 Å². The maximum Gasteiger partial charge on any atom is 0.154 e. The van der Waals surface area contributed by atoms with Crippen molar-refractivity contribution < 1.29 is 13.2 Å². The predicted octanol–water partition coefficient (Wildman–Crippen LogP) is 2.68. The molecule has 0 radical (unpaired) electrons. The van der Waals surface area contributed by atoms with Gasteiger partial charge >= 0.3 is 0 Å². The largest absolute Gasteiger partial charge is 0.496 e. The molecule has 0 aliphatic heterocycles. The van der Waals surface area contributed by atoms with E-state index in [1.54, 1.807) is 13.2 Å². The van der Waals surface area contributed by atoms with Gasteiger partial charge in [-0.2, -0.15) is 0 Å². The predicted molar refractivity (Wildman–Crippen MR) is 82.5 cm³/mol. The molecule has 0 saturated carbocycles. The molecule has 114 valence electrons. The molecule has 20 heavy (non-hydrogen) atoms. The lowest BCUT2D eigenvalue weighted by Crippen LogP contribution is -2.16. The summed E-state index contributed by atoms with van der Waals surface area (Å²) in [4.78, 5) is 0. The zero-order valence-corrected chi connectivity index (χ0v) is 13.5. The number of hydrogen-bond donors (Lipinski definition) is 1. The van der Waals surface area contributed by atoms with Crippen molar-refractivity contribution in [2.45, 2.75) is 39.0 Å². The molecule has 0 aliphatic rings. The number of methoxy groups -OCH3 is 1. The third-order valence-electron chi connectivity index (χ3n) is 3.44. The first-order chi connectivity index (χ1) is 9.29. The summed E-state index contributed by atoms with van der Waals surface area (Å²) >= 11 is 0. The second-order valence-electron chi connectivity index (χ2n) is 5.43. The molecular weight excluding hydrogens is 274 g/mol. The SMILES string of the molecule is CCC(C)CS(=O)(=O)Cc1cc(C(C)N)ccc1OC. The minimum absolute atomic E-state index is 0.00106. The van der Waals surface area contributed by atoms with Crippen molar-refractivity contribution in [2.75, 3.05) is 12.9 Å². The standard InChI is InChI=1S/C15H25NO3S/c1-5-11(2)9-20(17,18)10-14-8-13(12(3)16)6-7-15(14)19-4/h6-8,11-12H,5,9-10,16H2,1-4H3. The molecule has 0 aliphatic carbocycles. The summed E-state index contributed by atoms with van der Waals surface area (Å²) in [7, 11) is -1.59. The Morgan fingerprint density at radius 1 is 1.30 bits per heavy atom. The zero-order valence-electron chi connectivity index (χ0n) is 12.7. The van der Waals surface area contributed by atoms with Crippen LogP contribution in [0.4, 0.5) is 0 Å². The van der Waals surface area contributed by atoms with E-state index in [1.165, 1.54) is 0 Å². The average Bonchev–Trinajstić information content (AvgIpc) is 2.37. The third-order valence-corrected chi connectivity index (χ3v) is 5.27. The maximum atomic E-state index is 12.2. The van der Waals surface area contributed by atoms with Gasteiger partial charge in [0, 0.05) is 11.6 Å². The summed E-state index contributed by atoms with van der Waals surface area (Å²) in [6.45, 7) is 5.82. The fraction of sp³-hybridized carbons (Fsp3) is 0.600. The summed E-state index contributed by atoms with van der Waals surface area (Å²) < 4.78 is 29.7. The van der Waals surface area contributed by atoms with Gasteiger partial charge in [-0.05, 0) is 30.5 Å². The van der Waals surface area contributed by atoms with Crippen molar-refractivity contribution in [1.82, 2.24) is 0 Å². The van der Waals surface area contributed by atoms with Crippen LogP contribution in [0.25, 0.3) is 0 Å². The van der Waals surface area contributed by atoms with Crippen LogP contribution in [0.3, 0.4) is 0 Å². The van der Waals surface area contributed by atoms with E-state index in [4.69, 9.17) is 10.5 Å². The Morgan fingerprint density at radius 2 is 1.95 bits per heavy atom. The zero-order chi connectivity index (χ0) is 15.3. The van der Waals surface area contributed by atoms with Crippen LogP contribution in [-0.4, -0.2) is 21.3 Å². The van der Waals surface area contributed by atoms with Crippen LogP contribution in [0.15, 0.2) is 18.2 Å². The van der Waals surface area contributed by atoms with Crippen molar-refractivity contribution in [3.8, 4) is 5.75 Å². The van der Waals surface area contributed by atoms with Gasteiger partial charge in [0.25, 0.3) is 0 Å². The Bertz CT molecular complexity index is 538. The van der Waals surface area contributed by atoms with E-state index in [1.807, 2.05) is 32.9 Å². The highest BCUT2D eigenvalue weighted by atomic mass is 32.2. The number of sulfone groups is 1. The number of hydrogen-bond acceptors (Lipinski definition) is 4. The Hall–Kier alpha value is -1.07. The van der Waals surface area contributed by atoms with Crippen molar-refractivity contribution in [1.29, 1.82) is 0 Å². The molecule has 0 fully saturated rings. The first-order valence-electron chi connectivity index (χ1n) is 6.91. The number of ether oxygens (including phenoxy) is 1. The van der Waals surface area contributed by atoms with Gasteiger partial charge in [-0.3, -0.25) is 0 Å². The molecule has 2 unspecified atom stereocenters. The molecule has 1 aromatic rings. The minimum Gasteiger partial charge on any atom is -0.496 e. The first-order valence-corrected chi connectivity index (χ1v) is 8.74. The van der Waals surface area contributed by atoms with Gasteiger partial charge < -0.3 is 10.5 Å². The lowest BCUT2D eigenvalue weighted by Gasteiger charge is -2.14. The van der Waals surface area contributed by atoms with Crippen LogP contribution >= 0.6 is 0 Å². The van der Waals surface area contributed by atoms with Crippen molar-refractivity contribution >= 4 is 9.84 Å². The van der Waals surface area contributed by atoms with E-state index >= 15 is 0 Å². The molecule has 4 nitrogen and oxygen atoms in total. The Labute approximate surface area is 122 Å². The third kappa shape index (κ3) is 4.80. The Balaban J connectivity index is 3.03. The lowest BCUT2D eigenvalue weighted by molar-refractivity contribution is 0.410. The normalized spacial score (nSPS) is 14.8. The summed E-state index contributed by atoms with van der Waals surface area (Å²) in [5.74, 6) is 0.973. The van der Waals surface area contributed by atoms with Gasteiger partial charge in [-0.15, -0.1) is 0 Å². The van der Waals surface area contributed by atoms with Gasteiger partial charge in [0.05, 0.1) is 18.6 Å². The molecule has 2 N–H and O–H groups in total. The van der Waals surface area contributed by atoms with Crippen LogP contribution in [0, 0.1) is 5.92 Å².